The second kappa shape index (κ2) is 8.88. The molecule has 2 unspecified atom stereocenters. The summed E-state index contributed by atoms with van der Waals surface area (Å²) in [5.41, 5.74) is -6.28. The molecule has 40 heavy (non-hydrogen) atoms. The fraction of sp³-hybridized carbons (Fsp3) is 0.406. The number of aromatic hydroxyl groups is 1. The van der Waals surface area contributed by atoms with Gasteiger partial charge in [0.1, 0.15) is 22.8 Å². The van der Waals surface area contributed by atoms with Crippen LogP contribution in [0.25, 0.3) is 0 Å². The van der Waals surface area contributed by atoms with E-state index < -0.39 is 80.3 Å². The van der Waals surface area contributed by atoms with Crippen molar-refractivity contribution in [3.63, 3.8) is 0 Å². The number of rotatable bonds is 4. The van der Waals surface area contributed by atoms with E-state index in [2.05, 4.69) is 0 Å². The van der Waals surface area contributed by atoms with Crippen molar-refractivity contribution >= 4 is 17.3 Å². The summed E-state index contributed by atoms with van der Waals surface area (Å²) in [6.07, 6.45) is -1.39. The van der Waals surface area contributed by atoms with Gasteiger partial charge >= 0.3 is 0 Å². The van der Waals surface area contributed by atoms with Crippen LogP contribution in [0.5, 0.6) is 5.75 Å². The molecule has 0 amide bonds. The van der Waals surface area contributed by atoms with E-state index in [9.17, 15) is 39.9 Å². The maximum atomic E-state index is 14.1. The van der Waals surface area contributed by atoms with Crippen molar-refractivity contribution in [3.05, 3.63) is 87.9 Å². The molecule has 0 aromatic heterocycles. The number of allylic oxidation sites excluding steroid dienone is 1. The molecule has 8 heteroatoms. The molecular weight excluding hydrogens is 512 g/mol. The van der Waals surface area contributed by atoms with Crippen LogP contribution in [0.3, 0.4) is 0 Å². The van der Waals surface area contributed by atoms with Crippen LogP contribution in [-0.2, 0) is 16.0 Å². The van der Waals surface area contributed by atoms with Crippen LogP contribution >= 0.6 is 0 Å². The SMILES string of the molecule is CC(=O)C1=C(O)C(C(C)C)[C@@]2(C)[C@H](O)[C@]3(C)C(=C(O)[C@@]2(O)C1=O)C(=O)c1c(O)cccc1C3Cc1ccccc1. The number of phenols is 1. The average molecular weight is 547 g/mol. The van der Waals surface area contributed by atoms with Crippen molar-refractivity contribution in [1.82, 2.24) is 0 Å². The molecule has 0 aliphatic heterocycles. The lowest BCUT2D eigenvalue weighted by atomic mass is 9.41. The van der Waals surface area contributed by atoms with Gasteiger partial charge in [-0.15, -0.1) is 0 Å². The lowest BCUT2D eigenvalue weighted by molar-refractivity contribution is -0.212. The zero-order chi connectivity index (χ0) is 29.5. The molecule has 5 rings (SSSR count). The molecule has 0 spiro atoms. The lowest BCUT2D eigenvalue weighted by Gasteiger charge is -2.63. The van der Waals surface area contributed by atoms with Gasteiger partial charge in [0.25, 0.3) is 0 Å². The summed E-state index contributed by atoms with van der Waals surface area (Å²) in [7, 11) is 0. The standard InChI is InChI=1S/C32H34O8/c1-15(2)23-25(35)21(16(3)33)27(37)32(40)28(38)24-26(36)22-18(12-9-13-20(22)34)19(14-17-10-7-6-8-11-17)30(24,4)29(39)31(23,32)5/h6-13,15,19,23,29,34-35,38-40H,14H2,1-5H3/t19?,23?,29-,30+,31+,32+/m1/s1. The monoisotopic (exact) mass is 546 g/mol. The first-order valence-corrected chi connectivity index (χ1v) is 13.4. The van der Waals surface area contributed by atoms with Gasteiger partial charge in [-0.2, -0.15) is 0 Å². The summed E-state index contributed by atoms with van der Waals surface area (Å²) in [6, 6.07) is 13.9. The number of aliphatic hydroxyl groups excluding tert-OH is 3. The van der Waals surface area contributed by atoms with Crippen LogP contribution in [0.2, 0.25) is 0 Å². The van der Waals surface area contributed by atoms with E-state index in [-0.39, 0.29) is 17.7 Å². The summed E-state index contributed by atoms with van der Waals surface area (Å²) >= 11 is 0. The molecule has 0 bridgehead atoms. The van der Waals surface area contributed by atoms with E-state index in [1.165, 1.54) is 13.0 Å². The number of carbonyl (C=O) groups is 3. The van der Waals surface area contributed by atoms with E-state index in [4.69, 9.17) is 0 Å². The molecule has 5 N–H and O–H groups in total. The zero-order valence-corrected chi connectivity index (χ0v) is 23.1. The van der Waals surface area contributed by atoms with Gasteiger partial charge in [-0.05, 0) is 36.5 Å². The van der Waals surface area contributed by atoms with Gasteiger partial charge in [0.2, 0.25) is 5.78 Å². The second-order valence-electron chi connectivity index (χ2n) is 12.1. The molecule has 3 aliphatic carbocycles. The Kier molecular flexibility index (Phi) is 6.17. The normalized spacial score (nSPS) is 33.5. The average Bonchev–Trinajstić information content (AvgIpc) is 2.88. The second-order valence-corrected chi connectivity index (χ2v) is 12.1. The van der Waals surface area contributed by atoms with E-state index in [1.54, 1.807) is 32.9 Å². The van der Waals surface area contributed by atoms with Crippen LogP contribution < -0.4 is 0 Å². The van der Waals surface area contributed by atoms with Crippen molar-refractivity contribution in [2.75, 3.05) is 0 Å². The van der Waals surface area contributed by atoms with Crippen molar-refractivity contribution in [3.8, 4) is 5.75 Å². The number of ketones is 3. The highest BCUT2D eigenvalue weighted by atomic mass is 16.4. The summed E-state index contributed by atoms with van der Waals surface area (Å²) in [5.74, 6) is -7.13. The molecule has 0 saturated heterocycles. The number of phenolic OH excluding ortho intramolecular Hbond substituents is 1. The molecule has 8 nitrogen and oxygen atoms in total. The number of benzene rings is 2. The summed E-state index contributed by atoms with van der Waals surface area (Å²) < 4.78 is 0. The largest absolute Gasteiger partial charge is 0.511 e. The first-order valence-electron chi connectivity index (χ1n) is 13.4. The Bertz CT molecular complexity index is 1520. The predicted octanol–water partition coefficient (Wildman–Crippen LogP) is 4.10. The Hall–Kier alpha value is -3.75. The van der Waals surface area contributed by atoms with Crippen molar-refractivity contribution in [2.45, 2.75) is 58.7 Å². The van der Waals surface area contributed by atoms with Gasteiger partial charge in [-0.25, -0.2) is 0 Å². The molecular formula is C32H34O8. The third-order valence-corrected chi connectivity index (χ3v) is 9.72. The van der Waals surface area contributed by atoms with E-state index >= 15 is 0 Å². The molecule has 6 atom stereocenters. The van der Waals surface area contributed by atoms with Crippen molar-refractivity contribution in [1.29, 1.82) is 0 Å². The third kappa shape index (κ3) is 3.17. The third-order valence-electron chi connectivity index (χ3n) is 9.72. The van der Waals surface area contributed by atoms with Crippen molar-refractivity contribution < 1.29 is 39.9 Å². The fourth-order valence-electron chi connectivity index (χ4n) is 7.91. The fourth-order valence-corrected chi connectivity index (χ4v) is 7.91. The number of hydrogen-bond donors (Lipinski definition) is 5. The minimum absolute atomic E-state index is 0.0873. The Labute approximate surface area is 232 Å². The highest BCUT2D eigenvalue weighted by Gasteiger charge is 2.76. The highest BCUT2D eigenvalue weighted by Crippen LogP contribution is 2.67. The number of fused-ring (bicyclic) bond motifs is 3. The number of hydrogen-bond acceptors (Lipinski definition) is 8. The molecule has 0 fully saturated rings. The van der Waals surface area contributed by atoms with Gasteiger partial charge < -0.3 is 25.5 Å². The van der Waals surface area contributed by atoms with Gasteiger partial charge in [0.15, 0.2) is 17.2 Å². The van der Waals surface area contributed by atoms with Crippen LogP contribution in [0.15, 0.2) is 71.2 Å². The van der Waals surface area contributed by atoms with Crippen LogP contribution in [0.1, 0.15) is 62.0 Å². The number of aliphatic hydroxyl groups is 4. The van der Waals surface area contributed by atoms with Gasteiger partial charge in [0, 0.05) is 22.7 Å². The van der Waals surface area contributed by atoms with Gasteiger partial charge in [0.05, 0.1) is 17.2 Å². The van der Waals surface area contributed by atoms with Crippen LogP contribution in [0.4, 0.5) is 0 Å². The van der Waals surface area contributed by atoms with Gasteiger partial charge in [-0.3, -0.25) is 14.4 Å². The Morgan fingerprint density at radius 3 is 2.17 bits per heavy atom. The Balaban J connectivity index is 1.91. The topological polar surface area (TPSA) is 152 Å². The van der Waals surface area contributed by atoms with E-state index in [1.807, 2.05) is 30.3 Å². The van der Waals surface area contributed by atoms with E-state index in [0.29, 0.717) is 5.56 Å². The zero-order valence-electron chi connectivity index (χ0n) is 23.1. The first-order chi connectivity index (χ1) is 18.7. The maximum absolute atomic E-state index is 14.1. The first kappa shape index (κ1) is 27.8. The minimum atomic E-state index is -2.90. The summed E-state index contributed by atoms with van der Waals surface area (Å²) in [5, 5.41) is 58.7. The predicted molar refractivity (Wildman–Crippen MR) is 146 cm³/mol. The highest BCUT2D eigenvalue weighted by molar-refractivity contribution is 6.25. The molecule has 2 aromatic rings. The lowest BCUT2D eigenvalue weighted by Crippen LogP contribution is -2.73. The molecule has 0 heterocycles. The van der Waals surface area contributed by atoms with Crippen LogP contribution in [0, 0.1) is 22.7 Å². The van der Waals surface area contributed by atoms with Gasteiger partial charge in [-0.1, -0.05) is 70.2 Å². The van der Waals surface area contributed by atoms with Crippen molar-refractivity contribution in [2.24, 2.45) is 22.7 Å². The van der Waals surface area contributed by atoms with E-state index in [0.717, 1.165) is 12.5 Å². The summed E-state index contributed by atoms with van der Waals surface area (Å²) in [6.45, 7) is 7.51. The number of Topliss-reactive ketones (excluding diaryl/α,β-unsaturated/α-hetero) is 3. The summed E-state index contributed by atoms with van der Waals surface area (Å²) in [4.78, 5) is 40.6. The Morgan fingerprint density at radius 1 is 0.975 bits per heavy atom. The minimum Gasteiger partial charge on any atom is -0.511 e. The quantitative estimate of drug-likeness (QED) is 0.360. The number of carbonyl (C=O) groups excluding carboxylic acids is 3. The molecule has 3 aliphatic rings. The molecule has 2 aromatic carbocycles. The molecule has 0 saturated carbocycles. The smallest absolute Gasteiger partial charge is 0.209 e. The molecule has 210 valence electrons. The van der Waals surface area contributed by atoms with Crippen LogP contribution in [-0.4, -0.2) is 54.6 Å². The molecule has 0 radical (unpaired) electrons. The Morgan fingerprint density at radius 2 is 1.60 bits per heavy atom. The maximum Gasteiger partial charge on any atom is 0.209 e.